The first-order valence-corrected chi connectivity index (χ1v) is 10.5. The minimum Gasteiger partial charge on any atom is -0.481 e. The molecule has 0 radical (unpaired) electrons. The number of carboxylic acids is 1. The van der Waals surface area contributed by atoms with Crippen LogP contribution in [0.2, 0.25) is 0 Å². The van der Waals surface area contributed by atoms with Crippen molar-refractivity contribution in [1.82, 2.24) is 9.29 Å². The van der Waals surface area contributed by atoms with E-state index in [4.69, 9.17) is 15.6 Å². The Bertz CT molecular complexity index is 840. The monoisotopic (exact) mass is 413 g/mol. The maximum Gasteiger partial charge on any atom is 0.306 e. The van der Waals surface area contributed by atoms with Crippen molar-refractivity contribution in [3.63, 3.8) is 0 Å². The third-order valence-corrected chi connectivity index (χ3v) is 7.54. The first-order valence-electron chi connectivity index (χ1n) is 9.10. The minimum atomic E-state index is -3.68. The Hall–Kier alpha value is -2.04. The summed E-state index contributed by atoms with van der Waals surface area (Å²) in [6.07, 6.45) is 4.19. The van der Waals surface area contributed by atoms with Crippen LogP contribution in [-0.4, -0.2) is 55.0 Å². The number of pyridine rings is 1. The molecule has 1 aliphatic heterocycles. The van der Waals surface area contributed by atoms with Crippen LogP contribution in [0.5, 0.6) is 5.88 Å². The second kappa shape index (κ2) is 8.14. The molecule has 0 aromatic carbocycles. The molecular weight excluding hydrogens is 389 g/mol. The van der Waals surface area contributed by atoms with E-state index < -0.39 is 16.0 Å². The first kappa shape index (κ1) is 20.7. The zero-order chi connectivity index (χ0) is 20.4. The van der Waals surface area contributed by atoms with E-state index in [9.17, 15) is 17.6 Å². The van der Waals surface area contributed by atoms with Gasteiger partial charge in [-0.2, -0.15) is 4.31 Å². The number of hydrogen-bond donors (Lipinski definition) is 2. The number of sulfonamides is 1. The molecule has 10 heteroatoms. The summed E-state index contributed by atoms with van der Waals surface area (Å²) in [5, 5.41) is 9.04. The topological polar surface area (TPSA) is 123 Å². The number of hydrogen-bond acceptors (Lipinski definition) is 6. The summed E-state index contributed by atoms with van der Waals surface area (Å²) >= 11 is 0. The van der Waals surface area contributed by atoms with Crippen molar-refractivity contribution in [2.24, 2.45) is 17.1 Å². The fraction of sp³-hybridized carbons (Fsp3) is 0.556. The van der Waals surface area contributed by atoms with E-state index in [0.717, 1.165) is 0 Å². The summed E-state index contributed by atoms with van der Waals surface area (Å²) in [5.41, 5.74) is 5.58. The van der Waals surface area contributed by atoms with Crippen molar-refractivity contribution in [1.29, 1.82) is 0 Å². The molecule has 1 aromatic heterocycles. The van der Waals surface area contributed by atoms with Crippen molar-refractivity contribution >= 4 is 16.0 Å². The summed E-state index contributed by atoms with van der Waals surface area (Å²) in [5.74, 6) is -0.889. The largest absolute Gasteiger partial charge is 0.481 e. The number of carboxylic acid groups (broad SMARTS) is 1. The number of rotatable bonds is 7. The Morgan fingerprint density at radius 3 is 2.57 bits per heavy atom. The molecule has 0 amide bonds. The van der Waals surface area contributed by atoms with Gasteiger partial charge in [-0.3, -0.25) is 4.79 Å². The maximum atomic E-state index is 12.8. The van der Waals surface area contributed by atoms with Crippen LogP contribution in [0.15, 0.2) is 35.1 Å². The second-order valence-electron chi connectivity index (χ2n) is 7.44. The molecule has 154 valence electrons. The highest BCUT2D eigenvalue weighted by molar-refractivity contribution is 7.89. The zero-order valence-electron chi connectivity index (χ0n) is 15.4. The van der Waals surface area contributed by atoms with E-state index in [0.29, 0.717) is 45.1 Å². The quantitative estimate of drug-likeness (QED) is 0.695. The van der Waals surface area contributed by atoms with E-state index >= 15 is 0 Å². The molecule has 0 atom stereocenters. The highest BCUT2D eigenvalue weighted by Gasteiger charge is 2.49. The normalized spacial score (nSPS) is 20.7. The summed E-state index contributed by atoms with van der Waals surface area (Å²) in [7, 11) is -3.68. The Morgan fingerprint density at radius 1 is 1.39 bits per heavy atom. The molecule has 1 aliphatic carbocycles. The lowest BCUT2D eigenvalue weighted by Crippen LogP contribution is -2.50. The highest BCUT2D eigenvalue weighted by Crippen LogP contribution is 2.53. The van der Waals surface area contributed by atoms with Crippen molar-refractivity contribution in [2.45, 2.75) is 30.6 Å². The number of piperidine rings is 1. The summed E-state index contributed by atoms with van der Waals surface area (Å²) in [6, 6.07) is 2.83. The van der Waals surface area contributed by atoms with Crippen molar-refractivity contribution < 1.29 is 27.4 Å². The van der Waals surface area contributed by atoms with Crippen molar-refractivity contribution in [3.8, 4) is 5.88 Å². The van der Waals surface area contributed by atoms with E-state index in [2.05, 4.69) is 4.98 Å². The van der Waals surface area contributed by atoms with E-state index in [1.165, 1.54) is 22.6 Å². The van der Waals surface area contributed by atoms with Crippen LogP contribution in [0.1, 0.15) is 25.7 Å². The second-order valence-corrected chi connectivity index (χ2v) is 9.38. The Kier molecular flexibility index (Phi) is 6.01. The number of nitrogens with two attached hydrogens (primary N) is 1. The van der Waals surface area contributed by atoms with Crippen LogP contribution in [0.4, 0.5) is 4.39 Å². The molecule has 3 N–H and O–H groups in total. The number of aromatic nitrogens is 1. The van der Waals surface area contributed by atoms with Crippen LogP contribution in [0, 0.1) is 11.3 Å². The summed E-state index contributed by atoms with van der Waals surface area (Å²) in [4.78, 5) is 15.1. The summed E-state index contributed by atoms with van der Waals surface area (Å²) in [6.45, 7) is 0.701. The maximum absolute atomic E-state index is 12.8. The molecular formula is C18H24FN3O5S. The van der Waals surface area contributed by atoms with Crippen LogP contribution in [-0.2, 0) is 14.8 Å². The molecule has 1 saturated heterocycles. The van der Waals surface area contributed by atoms with Gasteiger partial charge in [0.2, 0.25) is 15.9 Å². The lowest BCUT2D eigenvalue weighted by atomic mass is 9.58. The van der Waals surface area contributed by atoms with Gasteiger partial charge in [0, 0.05) is 31.3 Å². The zero-order valence-corrected chi connectivity index (χ0v) is 16.2. The third kappa shape index (κ3) is 4.18. The molecule has 3 rings (SSSR count). The van der Waals surface area contributed by atoms with Gasteiger partial charge < -0.3 is 15.6 Å². The predicted octanol–water partition coefficient (Wildman–Crippen LogP) is 1.54. The van der Waals surface area contributed by atoms with Gasteiger partial charge in [-0.25, -0.2) is 17.8 Å². The van der Waals surface area contributed by atoms with E-state index in [-0.39, 0.29) is 40.8 Å². The van der Waals surface area contributed by atoms with Crippen LogP contribution >= 0.6 is 0 Å². The van der Waals surface area contributed by atoms with Gasteiger partial charge >= 0.3 is 5.97 Å². The molecule has 1 spiro atoms. The molecule has 8 nitrogen and oxygen atoms in total. The fourth-order valence-corrected chi connectivity index (χ4v) is 5.21. The van der Waals surface area contributed by atoms with E-state index in [1.54, 1.807) is 0 Å². The molecule has 0 unspecified atom stereocenters. The van der Waals surface area contributed by atoms with Gasteiger partial charge in [0.15, 0.2) is 0 Å². The molecule has 1 saturated carbocycles. The Balaban J connectivity index is 1.58. The highest BCUT2D eigenvalue weighted by atomic mass is 32.2. The smallest absolute Gasteiger partial charge is 0.306 e. The minimum absolute atomic E-state index is 0.0205. The molecule has 28 heavy (non-hydrogen) atoms. The first-order chi connectivity index (χ1) is 13.3. The molecule has 1 aromatic rings. The third-order valence-electron chi connectivity index (χ3n) is 5.66. The SMILES string of the molecule is NC/C(=C\F)COc1ccc(S(=O)(=O)N2CCC3(CC2)CC(C(=O)O)C3)cn1. The number of halogens is 1. The number of aliphatic carboxylic acids is 1. The van der Waals surface area contributed by atoms with Crippen LogP contribution < -0.4 is 10.5 Å². The molecule has 2 fully saturated rings. The van der Waals surface area contributed by atoms with Crippen LogP contribution in [0.25, 0.3) is 0 Å². The van der Waals surface area contributed by atoms with E-state index in [1.807, 2.05) is 0 Å². The van der Waals surface area contributed by atoms with Crippen molar-refractivity contribution in [3.05, 3.63) is 30.2 Å². The molecule has 2 aliphatic rings. The lowest BCUT2D eigenvalue weighted by Gasteiger charge is -2.50. The Morgan fingerprint density at radius 2 is 2.07 bits per heavy atom. The van der Waals surface area contributed by atoms with Crippen molar-refractivity contribution in [2.75, 3.05) is 26.2 Å². The van der Waals surface area contributed by atoms with Gasteiger partial charge in [-0.15, -0.1) is 0 Å². The Labute approximate surface area is 163 Å². The van der Waals surface area contributed by atoms with Crippen LogP contribution in [0.3, 0.4) is 0 Å². The lowest BCUT2D eigenvalue weighted by molar-refractivity contribution is -0.151. The standard InChI is InChI=1S/C18H24FN3O5S/c19-9-13(10-20)12-27-16-2-1-15(11-21-16)28(25,26)22-5-3-18(4-6-22)7-14(8-18)17(23)24/h1-2,9,11,14H,3-8,10,12,20H2,(H,23,24)/b13-9+. The summed E-state index contributed by atoms with van der Waals surface area (Å²) < 4.78 is 44.8. The van der Waals surface area contributed by atoms with Gasteiger partial charge in [0.1, 0.15) is 11.5 Å². The van der Waals surface area contributed by atoms with Gasteiger partial charge in [0.05, 0.1) is 18.4 Å². The number of carbonyl (C=O) groups is 1. The average molecular weight is 413 g/mol. The number of ether oxygens (including phenoxy) is 1. The average Bonchev–Trinajstić information content (AvgIpc) is 2.67. The fourth-order valence-electron chi connectivity index (χ4n) is 3.82. The van der Waals surface area contributed by atoms with Gasteiger partial charge in [-0.05, 0) is 37.2 Å². The predicted molar refractivity (Wildman–Crippen MR) is 98.8 cm³/mol. The molecule has 0 bridgehead atoms. The number of nitrogens with zero attached hydrogens (tertiary/aromatic N) is 2. The van der Waals surface area contributed by atoms with Gasteiger partial charge in [-0.1, -0.05) is 0 Å². The molecule has 2 heterocycles. The van der Waals surface area contributed by atoms with Gasteiger partial charge in [0.25, 0.3) is 0 Å².